The van der Waals surface area contributed by atoms with Crippen LogP contribution in [0.5, 0.6) is 0 Å². The van der Waals surface area contributed by atoms with Crippen LogP contribution in [0.2, 0.25) is 0 Å². The molecule has 0 aromatic heterocycles. The molecule has 0 aromatic carbocycles. The van der Waals surface area contributed by atoms with Gasteiger partial charge in [0, 0.05) is 37.2 Å². The molecule has 2 aliphatic rings. The Morgan fingerprint density at radius 1 is 1.33 bits per heavy atom. The summed E-state index contributed by atoms with van der Waals surface area (Å²) in [5, 5.41) is 8.99. The third-order valence-corrected chi connectivity index (χ3v) is 5.29. The molecule has 0 aromatic rings. The third-order valence-electron chi connectivity index (χ3n) is 4.11. The molecule has 1 N–H and O–H groups in total. The van der Waals surface area contributed by atoms with Crippen molar-refractivity contribution in [1.82, 2.24) is 9.80 Å². The summed E-state index contributed by atoms with van der Waals surface area (Å²) in [6, 6.07) is -0.544. The van der Waals surface area contributed by atoms with Gasteiger partial charge in [-0.2, -0.15) is 24.9 Å². The molecule has 21 heavy (non-hydrogen) atoms. The number of amides is 2. The van der Waals surface area contributed by atoms with Gasteiger partial charge in [-0.15, -0.1) is 0 Å². The van der Waals surface area contributed by atoms with E-state index in [4.69, 9.17) is 5.11 Å². The van der Waals surface area contributed by atoms with Crippen LogP contribution in [-0.2, 0) is 4.79 Å². The van der Waals surface area contributed by atoms with Crippen molar-refractivity contribution in [2.75, 3.05) is 31.1 Å². The molecule has 0 radical (unpaired) electrons. The van der Waals surface area contributed by atoms with Crippen molar-refractivity contribution in [3.05, 3.63) is 0 Å². The number of urea groups is 1. The highest BCUT2D eigenvalue weighted by Crippen LogP contribution is 2.46. The number of nitrogens with zero attached hydrogens (tertiary/aromatic N) is 2. The van der Waals surface area contributed by atoms with Crippen molar-refractivity contribution < 1.29 is 27.9 Å². The van der Waals surface area contributed by atoms with Gasteiger partial charge < -0.3 is 14.9 Å². The molecule has 120 valence electrons. The summed E-state index contributed by atoms with van der Waals surface area (Å²) in [6.45, 7) is 1.34. The van der Waals surface area contributed by atoms with Gasteiger partial charge in [0.2, 0.25) is 0 Å². The molecule has 5 nitrogen and oxygen atoms in total. The van der Waals surface area contributed by atoms with E-state index in [-0.39, 0.29) is 12.6 Å². The van der Waals surface area contributed by atoms with Crippen LogP contribution in [0.25, 0.3) is 0 Å². The Morgan fingerprint density at radius 3 is 2.48 bits per heavy atom. The van der Waals surface area contributed by atoms with E-state index >= 15 is 0 Å². The van der Waals surface area contributed by atoms with Crippen molar-refractivity contribution in [2.45, 2.75) is 25.6 Å². The van der Waals surface area contributed by atoms with Gasteiger partial charge in [-0.1, -0.05) is 0 Å². The number of halogens is 3. The van der Waals surface area contributed by atoms with Crippen LogP contribution < -0.4 is 0 Å². The fourth-order valence-corrected chi connectivity index (χ4v) is 3.71. The molecule has 0 spiro atoms. The second-order valence-electron chi connectivity index (χ2n) is 5.46. The largest absolute Gasteiger partial charge is 0.481 e. The Balaban J connectivity index is 2.14. The summed E-state index contributed by atoms with van der Waals surface area (Å²) >= 11 is 1.69. The summed E-state index contributed by atoms with van der Waals surface area (Å²) in [7, 11) is 0. The van der Waals surface area contributed by atoms with E-state index in [1.807, 2.05) is 6.92 Å². The summed E-state index contributed by atoms with van der Waals surface area (Å²) in [4.78, 5) is 26.0. The third kappa shape index (κ3) is 2.79. The summed E-state index contributed by atoms with van der Waals surface area (Å²) < 4.78 is 39.3. The first-order valence-corrected chi connectivity index (χ1v) is 7.78. The van der Waals surface area contributed by atoms with Crippen molar-refractivity contribution in [3.8, 4) is 0 Å². The molecule has 2 saturated heterocycles. The summed E-state index contributed by atoms with van der Waals surface area (Å²) in [5.41, 5.74) is -2.84. The first-order valence-electron chi connectivity index (χ1n) is 6.62. The van der Waals surface area contributed by atoms with Gasteiger partial charge in [-0.25, -0.2) is 4.79 Å². The SMILES string of the molecule is CC1CSCCN1C(=O)N1CCC(C(=O)O)(C(F)(F)F)C1. The molecular weight excluding hydrogens is 309 g/mol. The lowest BCUT2D eigenvalue weighted by molar-refractivity contribution is -0.227. The van der Waals surface area contributed by atoms with Gasteiger partial charge in [0.05, 0.1) is 0 Å². The fraction of sp³-hybridized carbons (Fsp3) is 0.833. The predicted molar refractivity (Wildman–Crippen MR) is 71.2 cm³/mol. The van der Waals surface area contributed by atoms with E-state index in [2.05, 4.69) is 0 Å². The number of carboxylic acids is 1. The molecule has 2 atom stereocenters. The lowest BCUT2D eigenvalue weighted by Crippen LogP contribution is -2.52. The van der Waals surface area contributed by atoms with Crippen LogP contribution >= 0.6 is 11.8 Å². The molecule has 0 bridgehead atoms. The standard InChI is InChI=1S/C12H17F3N2O3S/c1-8-6-21-5-4-17(8)10(20)16-3-2-11(7-16,9(18)19)12(13,14)15/h8H,2-7H2,1H3,(H,18,19). The van der Waals surface area contributed by atoms with E-state index in [9.17, 15) is 22.8 Å². The molecule has 2 amide bonds. The predicted octanol–water partition coefficient (Wildman–Crippen LogP) is 1.88. The number of rotatable bonds is 1. The quantitative estimate of drug-likeness (QED) is 0.799. The molecule has 2 heterocycles. The Bertz CT molecular complexity index is 446. The fourth-order valence-electron chi connectivity index (χ4n) is 2.69. The number of thioether (sulfide) groups is 1. The number of likely N-dealkylation sites (tertiary alicyclic amines) is 1. The van der Waals surface area contributed by atoms with Gasteiger partial charge in [0.1, 0.15) is 0 Å². The molecule has 2 unspecified atom stereocenters. The van der Waals surface area contributed by atoms with Crippen LogP contribution in [0, 0.1) is 5.41 Å². The average molecular weight is 326 g/mol. The minimum absolute atomic E-state index is 0.0537. The number of alkyl halides is 3. The van der Waals surface area contributed by atoms with Crippen molar-refractivity contribution in [2.24, 2.45) is 5.41 Å². The lowest BCUT2D eigenvalue weighted by atomic mass is 9.86. The highest BCUT2D eigenvalue weighted by molar-refractivity contribution is 7.99. The Labute approximate surface area is 124 Å². The zero-order valence-corrected chi connectivity index (χ0v) is 12.3. The first-order chi connectivity index (χ1) is 9.69. The second kappa shape index (κ2) is 5.58. The maximum absolute atomic E-state index is 13.1. The molecular formula is C12H17F3N2O3S. The molecule has 9 heteroatoms. The molecule has 2 rings (SSSR count). The van der Waals surface area contributed by atoms with E-state index in [1.165, 1.54) is 4.90 Å². The normalized spacial score (nSPS) is 30.6. The monoisotopic (exact) mass is 326 g/mol. The molecule has 2 fully saturated rings. The second-order valence-corrected chi connectivity index (χ2v) is 6.61. The number of aliphatic carboxylic acids is 1. The van der Waals surface area contributed by atoms with E-state index in [1.54, 1.807) is 11.8 Å². The maximum atomic E-state index is 13.1. The van der Waals surface area contributed by atoms with E-state index < -0.39 is 36.6 Å². The Hall–Kier alpha value is -1.12. The van der Waals surface area contributed by atoms with Crippen molar-refractivity contribution >= 4 is 23.8 Å². The van der Waals surface area contributed by atoms with Crippen LogP contribution in [0.4, 0.5) is 18.0 Å². The van der Waals surface area contributed by atoms with Crippen LogP contribution in [0.1, 0.15) is 13.3 Å². The van der Waals surface area contributed by atoms with Gasteiger partial charge in [0.25, 0.3) is 0 Å². The van der Waals surface area contributed by atoms with Gasteiger partial charge >= 0.3 is 18.2 Å². The highest BCUT2D eigenvalue weighted by Gasteiger charge is 2.64. The van der Waals surface area contributed by atoms with E-state index in [0.717, 1.165) is 16.4 Å². The van der Waals surface area contributed by atoms with Gasteiger partial charge in [0.15, 0.2) is 5.41 Å². The van der Waals surface area contributed by atoms with Crippen molar-refractivity contribution in [3.63, 3.8) is 0 Å². The number of carbonyl (C=O) groups excluding carboxylic acids is 1. The minimum Gasteiger partial charge on any atom is -0.481 e. The lowest BCUT2D eigenvalue weighted by Gasteiger charge is -2.36. The topological polar surface area (TPSA) is 60.9 Å². The zero-order valence-electron chi connectivity index (χ0n) is 11.5. The van der Waals surface area contributed by atoms with Gasteiger partial charge in [-0.05, 0) is 13.3 Å². The number of carbonyl (C=O) groups is 2. The highest BCUT2D eigenvalue weighted by atomic mass is 32.2. The molecule has 0 saturated carbocycles. The van der Waals surface area contributed by atoms with Crippen LogP contribution in [-0.4, -0.2) is 70.3 Å². The smallest absolute Gasteiger partial charge is 0.406 e. The zero-order chi connectivity index (χ0) is 15.8. The van der Waals surface area contributed by atoms with Crippen LogP contribution in [0.3, 0.4) is 0 Å². The number of hydrogen-bond acceptors (Lipinski definition) is 3. The summed E-state index contributed by atoms with van der Waals surface area (Å²) in [6.07, 6.45) is -5.45. The van der Waals surface area contributed by atoms with Crippen LogP contribution in [0.15, 0.2) is 0 Å². The Kier molecular flexibility index (Phi) is 4.32. The average Bonchev–Trinajstić information content (AvgIpc) is 2.84. The Morgan fingerprint density at radius 2 is 2.00 bits per heavy atom. The number of hydrogen-bond donors (Lipinski definition) is 1. The maximum Gasteiger partial charge on any atom is 0.406 e. The molecule has 2 aliphatic heterocycles. The molecule has 0 aliphatic carbocycles. The van der Waals surface area contributed by atoms with E-state index in [0.29, 0.717) is 6.54 Å². The van der Waals surface area contributed by atoms with Crippen molar-refractivity contribution in [1.29, 1.82) is 0 Å². The first kappa shape index (κ1) is 16.3. The number of carboxylic acid groups (broad SMARTS) is 1. The van der Waals surface area contributed by atoms with Gasteiger partial charge in [-0.3, -0.25) is 4.79 Å². The summed E-state index contributed by atoms with van der Waals surface area (Å²) in [5.74, 6) is -0.427. The minimum atomic E-state index is -4.86.